The van der Waals surface area contributed by atoms with Crippen molar-refractivity contribution in [2.45, 2.75) is 57.5 Å². The number of carbonyl (C=O) groups excluding carboxylic acids is 4. The molecular formula is C15H22O11S2. The van der Waals surface area contributed by atoms with E-state index >= 15 is 0 Å². The minimum atomic E-state index is -3.65. The first-order chi connectivity index (χ1) is 12.9. The van der Waals surface area contributed by atoms with Crippen molar-refractivity contribution in [1.82, 2.24) is 0 Å². The van der Waals surface area contributed by atoms with Crippen LogP contribution in [0.3, 0.4) is 0 Å². The third kappa shape index (κ3) is 6.65. The molecule has 0 aromatic rings. The quantitative estimate of drug-likeness (QED) is 0.366. The second-order valence-corrected chi connectivity index (χ2v) is 8.90. The van der Waals surface area contributed by atoms with Crippen molar-refractivity contribution < 1.29 is 51.3 Å². The maximum absolute atomic E-state index is 12.7. The average molecular weight is 442 g/mol. The first-order valence-corrected chi connectivity index (χ1v) is 10.5. The molecule has 1 saturated heterocycles. The summed E-state index contributed by atoms with van der Waals surface area (Å²) in [7, 11) is -2.59. The van der Waals surface area contributed by atoms with Crippen molar-refractivity contribution >= 4 is 43.8 Å². The molecule has 0 N–H and O–H groups in total. The molecule has 0 spiro atoms. The van der Waals surface area contributed by atoms with Crippen LogP contribution in [-0.4, -0.2) is 71.7 Å². The molecule has 0 saturated carbocycles. The maximum Gasteiger partial charge on any atom is 0.303 e. The van der Waals surface area contributed by atoms with Crippen molar-refractivity contribution in [1.29, 1.82) is 0 Å². The van der Waals surface area contributed by atoms with Crippen LogP contribution in [0.2, 0.25) is 0 Å². The number of rotatable bonds is 7. The minimum Gasteiger partial charge on any atom is -0.463 e. The molecule has 1 aliphatic rings. The molecule has 6 atom stereocenters. The lowest BCUT2D eigenvalue weighted by Gasteiger charge is -2.44. The third-order valence-electron chi connectivity index (χ3n) is 3.47. The highest BCUT2D eigenvalue weighted by Gasteiger charge is 2.55. The Morgan fingerprint density at radius 2 is 1.32 bits per heavy atom. The van der Waals surface area contributed by atoms with Gasteiger partial charge in [0.1, 0.15) is 12.7 Å². The van der Waals surface area contributed by atoms with Gasteiger partial charge in [-0.25, -0.2) is 4.21 Å². The van der Waals surface area contributed by atoms with E-state index in [-0.39, 0.29) is 0 Å². The average Bonchev–Trinajstić information content (AvgIpc) is 2.55. The van der Waals surface area contributed by atoms with Crippen LogP contribution in [0.5, 0.6) is 0 Å². The lowest BCUT2D eigenvalue weighted by atomic mass is 9.99. The molecule has 0 aliphatic carbocycles. The molecule has 28 heavy (non-hydrogen) atoms. The van der Waals surface area contributed by atoms with Gasteiger partial charge in [0.2, 0.25) is 0 Å². The Hall–Kier alpha value is -1.83. The summed E-state index contributed by atoms with van der Waals surface area (Å²) in [5.74, 6) is -3.07. The molecule has 1 aliphatic heterocycles. The SMILES string of the molecule is COS(=O)(=S)[C@@H]1OC(COC(C)=O)[C@@H](OC(C)=O)[C@H](OC(C)=O)C1OC(C)=O. The summed E-state index contributed by atoms with van der Waals surface area (Å²) in [5, 5.41) is 0. The van der Waals surface area contributed by atoms with Crippen molar-refractivity contribution in [3.05, 3.63) is 0 Å². The van der Waals surface area contributed by atoms with Gasteiger partial charge >= 0.3 is 23.9 Å². The Balaban J connectivity index is 3.46. The Kier molecular flexibility index (Phi) is 8.73. The van der Waals surface area contributed by atoms with Crippen LogP contribution in [0.25, 0.3) is 0 Å². The van der Waals surface area contributed by atoms with E-state index in [1.54, 1.807) is 0 Å². The van der Waals surface area contributed by atoms with E-state index in [1.807, 2.05) is 0 Å². The van der Waals surface area contributed by atoms with Gasteiger partial charge in [-0.15, -0.1) is 0 Å². The molecule has 1 heterocycles. The molecule has 0 bridgehead atoms. The first-order valence-electron chi connectivity index (χ1n) is 7.99. The Labute approximate surface area is 166 Å². The van der Waals surface area contributed by atoms with Crippen molar-refractivity contribution in [3.63, 3.8) is 0 Å². The van der Waals surface area contributed by atoms with Gasteiger partial charge in [-0.1, -0.05) is 0 Å². The Bertz CT molecular complexity index is 717. The molecule has 3 unspecified atom stereocenters. The Morgan fingerprint density at radius 3 is 1.75 bits per heavy atom. The number of esters is 4. The molecule has 1 rings (SSSR count). The summed E-state index contributed by atoms with van der Waals surface area (Å²) in [5.41, 5.74) is -1.58. The molecule has 160 valence electrons. The second kappa shape index (κ2) is 10.1. The smallest absolute Gasteiger partial charge is 0.303 e. The van der Waals surface area contributed by atoms with Crippen LogP contribution in [-0.2, 0) is 67.0 Å². The highest BCUT2D eigenvalue weighted by molar-refractivity contribution is 8.30. The van der Waals surface area contributed by atoms with Gasteiger partial charge in [-0.3, -0.25) is 23.4 Å². The van der Waals surface area contributed by atoms with Crippen LogP contribution in [0.4, 0.5) is 0 Å². The summed E-state index contributed by atoms with van der Waals surface area (Å²) in [4.78, 5) is 45.9. The largest absolute Gasteiger partial charge is 0.463 e. The van der Waals surface area contributed by atoms with E-state index in [2.05, 4.69) is 0 Å². The normalized spacial score (nSPS) is 29.1. The lowest BCUT2D eigenvalue weighted by Crippen LogP contribution is -2.64. The van der Waals surface area contributed by atoms with Gasteiger partial charge in [0.05, 0.1) is 7.11 Å². The first kappa shape index (κ1) is 24.2. The van der Waals surface area contributed by atoms with E-state index in [4.69, 9.17) is 39.1 Å². The zero-order valence-corrected chi connectivity index (χ0v) is 17.5. The van der Waals surface area contributed by atoms with Crippen LogP contribution in [0, 0.1) is 0 Å². The molecule has 1 fully saturated rings. The van der Waals surface area contributed by atoms with E-state index in [9.17, 15) is 23.4 Å². The van der Waals surface area contributed by atoms with Gasteiger partial charge in [-0.05, 0) is 0 Å². The maximum atomic E-state index is 12.7. The van der Waals surface area contributed by atoms with Crippen LogP contribution >= 0.6 is 0 Å². The molecular weight excluding hydrogens is 420 g/mol. The molecule has 0 aromatic carbocycles. The van der Waals surface area contributed by atoms with Gasteiger partial charge in [0.25, 0.3) is 0 Å². The zero-order valence-electron chi connectivity index (χ0n) is 15.9. The predicted octanol–water partition coefficient (Wildman–Crippen LogP) is -0.623. The fourth-order valence-corrected chi connectivity index (χ4v) is 3.99. The highest BCUT2D eigenvalue weighted by Crippen LogP contribution is 2.32. The monoisotopic (exact) mass is 442 g/mol. The zero-order chi connectivity index (χ0) is 21.6. The number of hydrogen-bond acceptors (Lipinski definition) is 12. The second-order valence-electron chi connectivity index (χ2n) is 5.73. The van der Waals surface area contributed by atoms with E-state index < -0.39 is 69.1 Å². The molecule has 0 amide bonds. The topological polar surface area (TPSA) is 141 Å². The summed E-state index contributed by atoms with van der Waals surface area (Å²) in [6, 6.07) is 0. The molecule has 0 radical (unpaired) electrons. The van der Waals surface area contributed by atoms with Crippen molar-refractivity contribution in [3.8, 4) is 0 Å². The van der Waals surface area contributed by atoms with Gasteiger partial charge in [0, 0.05) is 38.9 Å². The minimum absolute atomic E-state index is 0.442. The summed E-state index contributed by atoms with van der Waals surface area (Å²) in [6.07, 6.45) is -5.52. The number of ether oxygens (including phenoxy) is 5. The van der Waals surface area contributed by atoms with Crippen LogP contribution in [0.1, 0.15) is 27.7 Å². The van der Waals surface area contributed by atoms with Gasteiger partial charge in [0.15, 0.2) is 32.5 Å². The third-order valence-corrected chi connectivity index (χ3v) is 5.86. The van der Waals surface area contributed by atoms with E-state index in [0.29, 0.717) is 0 Å². The van der Waals surface area contributed by atoms with Gasteiger partial charge < -0.3 is 23.7 Å². The lowest BCUT2D eigenvalue weighted by molar-refractivity contribution is -0.238. The number of hydrogen-bond donors (Lipinski definition) is 0. The molecule has 13 heteroatoms. The fourth-order valence-electron chi connectivity index (χ4n) is 2.52. The Morgan fingerprint density at radius 1 is 0.857 bits per heavy atom. The van der Waals surface area contributed by atoms with Crippen molar-refractivity contribution in [2.75, 3.05) is 13.7 Å². The highest BCUT2D eigenvalue weighted by atomic mass is 32.8. The molecule has 11 nitrogen and oxygen atoms in total. The molecule has 0 aromatic heterocycles. The standard InChI is InChI=1S/C15H22O11S2/c1-7(16)22-6-11-12(23-8(2)17)13(24-9(3)18)14(25-10(4)19)15(26-11)28(20,27)21-5/h11-15H,6H2,1-5H3/t11?,12-,13+,14?,15+,28?/m1/s1. The van der Waals surface area contributed by atoms with Gasteiger partial charge in [-0.2, -0.15) is 0 Å². The van der Waals surface area contributed by atoms with Crippen LogP contribution < -0.4 is 0 Å². The summed E-state index contributed by atoms with van der Waals surface area (Å²) < 4.78 is 43.4. The van der Waals surface area contributed by atoms with E-state index in [1.165, 1.54) is 0 Å². The predicted molar refractivity (Wildman–Crippen MR) is 94.5 cm³/mol. The number of carbonyl (C=O) groups is 4. The van der Waals surface area contributed by atoms with Crippen LogP contribution in [0.15, 0.2) is 0 Å². The van der Waals surface area contributed by atoms with E-state index in [0.717, 1.165) is 34.8 Å². The fraction of sp³-hybridized carbons (Fsp3) is 0.733. The van der Waals surface area contributed by atoms with Crippen molar-refractivity contribution in [2.24, 2.45) is 0 Å². The summed E-state index contributed by atoms with van der Waals surface area (Å²) >= 11 is 4.91. The summed E-state index contributed by atoms with van der Waals surface area (Å²) in [6.45, 7) is 3.92.